The third-order valence-corrected chi connectivity index (χ3v) is 13.2. The molecule has 1 atom stereocenters. The molecular formula is C23H29IN4O2S2. The molecule has 1 aliphatic carbocycles. The van der Waals surface area contributed by atoms with Gasteiger partial charge in [-0.05, 0) is 83.3 Å². The summed E-state index contributed by atoms with van der Waals surface area (Å²) in [5.74, 6) is 0. The van der Waals surface area contributed by atoms with Crippen LogP contribution >= 0.6 is 28.9 Å². The third kappa shape index (κ3) is 3.88. The largest absolute Gasteiger partial charge is 0.378 e. The van der Waals surface area contributed by atoms with Crippen LogP contribution in [0.4, 0.5) is 17.1 Å². The number of anilines is 2. The summed E-state index contributed by atoms with van der Waals surface area (Å²) >= 11 is 2.57. The number of hydrogen-bond donors (Lipinski definition) is 0. The highest BCUT2D eigenvalue weighted by atomic mass is 127. The summed E-state index contributed by atoms with van der Waals surface area (Å²) in [6.45, 7) is 6.90. The number of rotatable bonds is 4. The third-order valence-electron chi connectivity index (χ3n) is 6.54. The zero-order chi connectivity index (χ0) is 22.8. The van der Waals surface area contributed by atoms with Gasteiger partial charge in [-0.15, -0.1) is 0 Å². The Morgan fingerprint density at radius 3 is 2.34 bits per heavy atom. The number of halogens is 1. The molecule has 0 N–H and O–H groups in total. The van der Waals surface area contributed by atoms with Gasteiger partial charge < -0.3 is 9.80 Å². The molecule has 2 fully saturated rings. The molecule has 172 valence electrons. The maximum atomic E-state index is 12.6. The minimum Gasteiger partial charge on any atom is -0.378 e. The topological polar surface area (TPSA) is 56.2 Å². The molecule has 1 saturated heterocycles. The van der Waals surface area contributed by atoms with E-state index in [1.165, 1.54) is 31.9 Å². The van der Waals surface area contributed by atoms with Crippen molar-refractivity contribution in [2.45, 2.75) is 36.8 Å². The fraction of sp³-hybridized carbons (Fsp3) is 0.478. The van der Waals surface area contributed by atoms with Crippen LogP contribution < -0.4 is 15.2 Å². The highest BCUT2D eigenvalue weighted by molar-refractivity contribution is 14.2. The number of sulfonamides is 1. The monoisotopic (exact) mass is 584 g/mol. The van der Waals surface area contributed by atoms with Gasteiger partial charge in [0.2, 0.25) is 10.0 Å². The Balaban J connectivity index is 1.50. The van der Waals surface area contributed by atoms with Crippen LogP contribution in [0.15, 0.2) is 34.2 Å². The number of fused-ring (bicyclic) bond motifs is 2. The Morgan fingerprint density at radius 1 is 1.03 bits per heavy atom. The van der Waals surface area contributed by atoms with Crippen molar-refractivity contribution in [2.75, 3.05) is 50.1 Å². The van der Waals surface area contributed by atoms with E-state index in [2.05, 4.69) is 83.2 Å². The standard InChI is InChI=1S/C23H29IN4O2S2/c1-15-11-17(26(3)4)13-20-22(15)25-23-16(2)12-18(14-21(23)31(20)24)27-7-9-28(10-8-27)32(29,30)19-5-6-19/h11-14,19H,5-10H2,1-4H3. The van der Waals surface area contributed by atoms with Crippen molar-refractivity contribution >= 4 is 55.9 Å². The first-order valence-electron chi connectivity index (χ1n) is 11.0. The van der Waals surface area contributed by atoms with Crippen molar-refractivity contribution in [3.63, 3.8) is 0 Å². The maximum absolute atomic E-state index is 12.6. The van der Waals surface area contributed by atoms with Crippen molar-refractivity contribution in [1.29, 1.82) is 0 Å². The highest BCUT2D eigenvalue weighted by Gasteiger charge is 2.41. The minimum absolute atomic E-state index is 0.105. The molecule has 32 heavy (non-hydrogen) atoms. The highest BCUT2D eigenvalue weighted by Crippen LogP contribution is 2.48. The predicted molar refractivity (Wildman–Crippen MR) is 142 cm³/mol. The van der Waals surface area contributed by atoms with Gasteiger partial charge in [-0.25, -0.2) is 13.4 Å². The molecule has 2 aromatic rings. The van der Waals surface area contributed by atoms with Gasteiger partial charge in [-0.2, -0.15) is 4.31 Å². The zero-order valence-electron chi connectivity index (χ0n) is 18.9. The first kappa shape index (κ1) is 22.6. The van der Waals surface area contributed by atoms with Gasteiger partial charge >= 0.3 is 0 Å². The fourth-order valence-electron chi connectivity index (χ4n) is 4.47. The van der Waals surface area contributed by atoms with E-state index < -0.39 is 10.0 Å². The zero-order valence-corrected chi connectivity index (χ0v) is 22.7. The predicted octanol–water partition coefficient (Wildman–Crippen LogP) is 4.18. The Kier molecular flexibility index (Phi) is 5.83. The average Bonchev–Trinajstić information content (AvgIpc) is 3.61. The van der Waals surface area contributed by atoms with Crippen molar-refractivity contribution < 1.29 is 8.42 Å². The molecule has 9 heteroatoms. The van der Waals surface area contributed by atoms with Crippen molar-refractivity contribution in [3.05, 3.63) is 45.3 Å². The number of aryl methyl sites for hydroxylation is 2. The quantitative estimate of drug-likeness (QED) is 0.400. The summed E-state index contributed by atoms with van der Waals surface area (Å²) in [7, 11) is 0.959. The molecule has 5 rings (SSSR count). The van der Waals surface area contributed by atoms with Crippen LogP contribution in [0.2, 0.25) is 0 Å². The Hall–Kier alpha value is -1.17. The summed E-state index contributed by atoms with van der Waals surface area (Å²) in [6, 6.07) is 8.98. The van der Waals surface area contributed by atoms with Crippen LogP contribution in [0.25, 0.3) is 0 Å². The first-order chi connectivity index (χ1) is 15.2. The second kappa shape index (κ2) is 8.25. The molecule has 3 aliphatic rings. The van der Waals surface area contributed by atoms with Crippen LogP contribution in [0, 0.1) is 18.4 Å². The van der Waals surface area contributed by atoms with Gasteiger partial charge in [0.1, 0.15) is 0 Å². The molecule has 2 heterocycles. The molecule has 2 aliphatic heterocycles. The molecule has 6 nitrogen and oxygen atoms in total. The summed E-state index contributed by atoms with van der Waals surface area (Å²) < 4.78 is 28.2. The lowest BCUT2D eigenvalue weighted by Crippen LogP contribution is -2.49. The lowest BCUT2D eigenvalue weighted by molar-refractivity contribution is 0.384. The Morgan fingerprint density at radius 2 is 1.72 bits per heavy atom. The molecule has 0 bridgehead atoms. The van der Waals surface area contributed by atoms with E-state index in [1.807, 2.05) is 0 Å². The van der Waals surface area contributed by atoms with E-state index in [-0.39, 0.29) is 12.9 Å². The van der Waals surface area contributed by atoms with Gasteiger partial charge in [0.05, 0.1) is 16.3 Å². The summed E-state index contributed by atoms with van der Waals surface area (Å²) in [5.41, 5.74) is 5.87. The summed E-state index contributed by atoms with van der Waals surface area (Å²) in [4.78, 5) is 10.8. The van der Waals surface area contributed by atoms with E-state index in [4.69, 9.17) is 4.99 Å². The van der Waals surface area contributed by atoms with E-state index in [1.54, 1.807) is 4.31 Å². The molecule has 0 aromatic heterocycles. The molecule has 0 radical (unpaired) electrons. The fourth-order valence-corrected chi connectivity index (χ4v) is 9.74. The first-order valence-corrected chi connectivity index (χ1v) is 16.3. The van der Waals surface area contributed by atoms with E-state index in [0.717, 1.165) is 37.0 Å². The SMILES string of the molecule is Cc1cc(N2CCN(S(=O)(=O)C3CC3)CC2)cc2c1N=c1c(C)cc(N(C)C)cc1=S2I. The summed E-state index contributed by atoms with van der Waals surface area (Å²) in [6.07, 6.45) is 1.65. The van der Waals surface area contributed by atoms with Gasteiger partial charge in [-0.1, -0.05) is 7.66 Å². The summed E-state index contributed by atoms with van der Waals surface area (Å²) in [5, 5.41) is 0.980. The van der Waals surface area contributed by atoms with Crippen molar-refractivity contribution in [3.8, 4) is 0 Å². The molecule has 1 saturated carbocycles. The molecule has 0 amide bonds. The van der Waals surface area contributed by atoms with E-state index >= 15 is 0 Å². The van der Waals surface area contributed by atoms with Crippen LogP contribution in [-0.2, 0) is 10.0 Å². The maximum Gasteiger partial charge on any atom is 0.217 e. The second-order valence-electron chi connectivity index (χ2n) is 9.11. The lowest BCUT2D eigenvalue weighted by atomic mass is 10.1. The van der Waals surface area contributed by atoms with Crippen LogP contribution in [-0.4, -0.2) is 58.2 Å². The van der Waals surface area contributed by atoms with Gasteiger partial charge in [0.25, 0.3) is 0 Å². The lowest BCUT2D eigenvalue weighted by Gasteiger charge is -2.36. The number of benzene rings is 2. The number of nitrogens with zero attached hydrogens (tertiary/aromatic N) is 4. The smallest absolute Gasteiger partial charge is 0.217 e. The normalized spacial score (nSPS) is 21.0. The van der Waals surface area contributed by atoms with Crippen LogP contribution in [0.5, 0.6) is 0 Å². The van der Waals surface area contributed by atoms with Crippen molar-refractivity contribution in [1.82, 2.24) is 4.31 Å². The van der Waals surface area contributed by atoms with Crippen LogP contribution in [0.3, 0.4) is 0 Å². The average molecular weight is 585 g/mol. The van der Waals surface area contributed by atoms with Crippen LogP contribution in [0.1, 0.15) is 24.0 Å². The minimum atomic E-state index is -3.09. The van der Waals surface area contributed by atoms with Gasteiger partial charge in [-0.3, -0.25) is 0 Å². The van der Waals surface area contributed by atoms with E-state index in [0.29, 0.717) is 13.1 Å². The van der Waals surface area contributed by atoms with Crippen molar-refractivity contribution in [2.24, 2.45) is 4.99 Å². The van der Waals surface area contributed by atoms with Gasteiger partial charge in [0.15, 0.2) is 0 Å². The second-order valence-corrected chi connectivity index (χ2v) is 15.4. The van der Waals surface area contributed by atoms with E-state index in [9.17, 15) is 8.42 Å². The Labute approximate surface area is 204 Å². The molecule has 1 unspecified atom stereocenters. The number of hydrogen-bond acceptors (Lipinski definition) is 5. The number of piperazine rings is 1. The molecule has 2 aromatic carbocycles. The Bertz CT molecular complexity index is 1330. The molecule has 0 spiro atoms. The molecular weight excluding hydrogens is 555 g/mol. The van der Waals surface area contributed by atoms with Gasteiger partial charge in [0, 0.05) is 61.1 Å².